The van der Waals surface area contributed by atoms with E-state index < -0.39 is 5.97 Å². The van der Waals surface area contributed by atoms with Crippen molar-refractivity contribution < 1.29 is 15.0 Å². The number of aromatic hydroxyl groups is 1. The van der Waals surface area contributed by atoms with Crippen molar-refractivity contribution in [2.45, 2.75) is 13.3 Å². The van der Waals surface area contributed by atoms with Gasteiger partial charge in [-0.25, -0.2) is 0 Å². The Morgan fingerprint density at radius 3 is 2.62 bits per heavy atom. The number of aryl methyl sites for hydroxylation is 1. The largest absolute Gasteiger partial charge is 0.506 e. The zero-order valence-electron chi connectivity index (χ0n) is 7.04. The van der Waals surface area contributed by atoms with Gasteiger partial charge in [-0.1, -0.05) is 6.07 Å². The van der Waals surface area contributed by atoms with Crippen LogP contribution in [0.5, 0.6) is 5.75 Å². The Kier molecular flexibility index (Phi) is 2.93. The molecule has 0 saturated carbocycles. The van der Waals surface area contributed by atoms with E-state index in [-0.39, 0.29) is 12.2 Å². The summed E-state index contributed by atoms with van der Waals surface area (Å²) in [7, 11) is 0. The van der Waals surface area contributed by atoms with Crippen molar-refractivity contribution >= 4 is 21.9 Å². The fourth-order valence-electron chi connectivity index (χ4n) is 1.08. The van der Waals surface area contributed by atoms with Gasteiger partial charge in [-0.2, -0.15) is 0 Å². The molecule has 0 aliphatic rings. The number of hydrogen-bond donors (Lipinski definition) is 2. The van der Waals surface area contributed by atoms with Crippen LogP contribution in [0.4, 0.5) is 0 Å². The third-order valence-electron chi connectivity index (χ3n) is 1.67. The summed E-state index contributed by atoms with van der Waals surface area (Å²) in [5.41, 5.74) is 1.35. The molecule has 0 saturated heterocycles. The molecule has 0 aliphatic heterocycles. The highest BCUT2D eigenvalue weighted by Crippen LogP contribution is 2.28. The predicted octanol–water partition coefficient (Wildman–Crippen LogP) is 2.09. The number of carboxylic acid groups (broad SMARTS) is 1. The maximum atomic E-state index is 10.4. The van der Waals surface area contributed by atoms with Gasteiger partial charge in [0, 0.05) is 0 Å². The van der Waals surface area contributed by atoms with Gasteiger partial charge in [0.1, 0.15) is 5.75 Å². The zero-order chi connectivity index (χ0) is 10.0. The number of rotatable bonds is 2. The molecule has 0 amide bonds. The van der Waals surface area contributed by atoms with Crippen molar-refractivity contribution in [1.29, 1.82) is 0 Å². The van der Waals surface area contributed by atoms with E-state index in [4.69, 9.17) is 5.11 Å². The number of aliphatic carboxylic acids is 1. The van der Waals surface area contributed by atoms with Gasteiger partial charge in [0.2, 0.25) is 0 Å². The van der Waals surface area contributed by atoms with E-state index in [1.807, 2.05) is 0 Å². The van der Waals surface area contributed by atoms with Crippen molar-refractivity contribution in [3.63, 3.8) is 0 Å². The molecule has 0 atom stereocenters. The Labute approximate surface area is 84.1 Å². The second-order valence-electron chi connectivity index (χ2n) is 2.81. The summed E-state index contributed by atoms with van der Waals surface area (Å²) in [4.78, 5) is 10.4. The third-order valence-corrected chi connectivity index (χ3v) is 2.27. The van der Waals surface area contributed by atoms with Gasteiger partial charge in [-0.3, -0.25) is 4.79 Å². The standard InChI is InChI=1S/C9H9BrO3/c1-5-2-6(4-8(11)12)3-7(10)9(5)13/h2-3,13H,4H2,1H3,(H,11,12). The summed E-state index contributed by atoms with van der Waals surface area (Å²) in [5, 5.41) is 17.9. The van der Waals surface area contributed by atoms with Gasteiger partial charge in [-0.05, 0) is 40.0 Å². The Morgan fingerprint density at radius 2 is 2.15 bits per heavy atom. The SMILES string of the molecule is Cc1cc(CC(=O)O)cc(Br)c1O. The summed E-state index contributed by atoms with van der Waals surface area (Å²) in [5.74, 6) is -0.717. The smallest absolute Gasteiger partial charge is 0.307 e. The van der Waals surface area contributed by atoms with Crippen molar-refractivity contribution in [2.75, 3.05) is 0 Å². The van der Waals surface area contributed by atoms with Crippen LogP contribution in [0.3, 0.4) is 0 Å². The molecular formula is C9H9BrO3. The third kappa shape index (κ3) is 2.45. The molecule has 70 valence electrons. The Bertz CT molecular complexity index is 324. The van der Waals surface area contributed by atoms with E-state index in [9.17, 15) is 9.90 Å². The lowest BCUT2D eigenvalue weighted by molar-refractivity contribution is -0.136. The molecule has 0 fully saturated rings. The van der Waals surface area contributed by atoms with E-state index >= 15 is 0 Å². The minimum absolute atomic E-state index is 0.0281. The molecule has 0 unspecified atom stereocenters. The Balaban J connectivity index is 3.06. The van der Waals surface area contributed by atoms with E-state index in [0.29, 0.717) is 15.6 Å². The lowest BCUT2D eigenvalue weighted by Gasteiger charge is -2.04. The lowest BCUT2D eigenvalue weighted by Crippen LogP contribution is -2.00. The lowest BCUT2D eigenvalue weighted by atomic mass is 10.1. The van der Waals surface area contributed by atoms with Crippen LogP contribution in [-0.4, -0.2) is 16.2 Å². The molecule has 1 aromatic rings. The van der Waals surface area contributed by atoms with Crippen molar-refractivity contribution in [1.82, 2.24) is 0 Å². The quantitative estimate of drug-likeness (QED) is 0.838. The first-order valence-electron chi connectivity index (χ1n) is 3.70. The topological polar surface area (TPSA) is 57.5 Å². The summed E-state index contributed by atoms with van der Waals surface area (Å²) >= 11 is 3.14. The molecule has 1 rings (SSSR count). The van der Waals surface area contributed by atoms with E-state index in [0.717, 1.165) is 0 Å². The van der Waals surface area contributed by atoms with Crippen LogP contribution in [0.1, 0.15) is 11.1 Å². The fraction of sp³-hybridized carbons (Fsp3) is 0.222. The van der Waals surface area contributed by atoms with E-state index in [2.05, 4.69) is 15.9 Å². The number of carboxylic acids is 1. The Hall–Kier alpha value is -1.03. The van der Waals surface area contributed by atoms with Crippen LogP contribution in [0.25, 0.3) is 0 Å². The number of phenols is 1. The summed E-state index contributed by atoms with van der Waals surface area (Å²) in [6.07, 6.45) is -0.0281. The predicted molar refractivity (Wildman–Crippen MR) is 51.9 cm³/mol. The molecule has 0 aromatic heterocycles. The highest BCUT2D eigenvalue weighted by Gasteiger charge is 2.06. The van der Waals surface area contributed by atoms with Crippen molar-refractivity contribution in [3.05, 3.63) is 27.7 Å². The molecule has 3 nitrogen and oxygen atoms in total. The highest BCUT2D eigenvalue weighted by atomic mass is 79.9. The molecule has 0 heterocycles. The summed E-state index contributed by atoms with van der Waals surface area (Å²) in [6, 6.07) is 3.27. The minimum Gasteiger partial charge on any atom is -0.506 e. The fourth-order valence-corrected chi connectivity index (χ4v) is 1.69. The molecule has 1 aromatic carbocycles. The van der Waals surface area contributed by atoms with Crippen LogP contribution >= 0.6 is 15.9 Å². The molecular weight excluding hydrogens is 236 g/mol. The maximum absolute atomic E-state index is 10.4. The first-order chi connectivity index (χ1) is 6.00. The monoisotopic (exact) mass is 244 g/mol. The first kappa shape index (κ1) is 10.1. The first-order valence-corrected chi connectivity index (χ1v) is 4.50. The number of benzene rings is 1. The van der Waals surface area contributed by atoms with Gasteiger partial charge in [0.15, 0.2) is 0 Å². The second kappa shape index (κ2) is 3.79. The average molecular weight is 245 g/mol. The van der Waals surface area contributed by atoms with Crippen LogP contribution in [0, 0.1) is 6.92 Å². The van der Waals surface area contributed by atoms with Crippen LogP contribution in [0.2, 0.25) is 0 Å². The highest BCUT2D eigenvalue weighted by molar-refractivity contribution is 9.10. The molecule has 4 heteroatoms. The van der Waals surface area contributed by atoms with Gasteiger partial charge in [0.05, 0.1) is 10.9 Å². The van der Waals surface area contributed by atoms with Crippen LogP contribution in [0.15, 0.2) is 16.6 Å². The maximum Gasteiger partial charge on any atom is 0.307 e. The van der Waals surface area contributed by atoms with Crippen LogP contribution < -0.4 is 0 Å². The summed E-state index contributed by atoms with van der Waals surface area (Å²) < 4.78 is 0.531. The molecule has 13 heavy (non-hydrogen) atoms. The van der Waals surface area contributed by atoms with Crippen molar-refractivity contribution in [2.24, 2.45) is 0 Å². The molecule has 0 spiro atoms. The number of phenolic OH excluding ortho intramolecular Hbond substituents is 1. The number of halogens is 1. The zero-order valence-corrected chi connectivity index (χ0v) is 8.63. The molecule has 0 aliphatic carbocycles. The van der Waals surface area contributed by atoms with Gasteiger partial charge >= 0.3 is 5.97 Å². The summed E-state index contributed by atoms with van der Waals surface area (Å²) in [6.45, 7) is 1.73. The normalized spacial score (nSPS) is 10.0. The second-order valence-corrected chi connectivity index (χ2v) is 3.67. The van der Waals surface area contributed by atoms with Crippen LogP contribution in [-0.2, 0) is 11.2 Å². The van der Waals surface area contributed by atoms with Gasteiger partial charge in [0.25, 0.3) is 0 Å². The Morgan fingerprint density at radius 1 is 1.54 bits per heavy atom. The molecule has 0 bridgehead atoms. The molecule has 0 radical (unpaired) electrons. The van der Waals surface area contributed by atoms with E-state index in [1.165, 1.54) is 0 Å². The van der Waals surface area contributed by atoms with Crippen molar-refractivity contribution in [3.8, 4) is 5.75 Å². The van der Waals surface area contributed by atoms with Gasteiger partial charge < -0.3 is 10.2 Å². The minimum atomic E-state index is -0.878. The average Bonchev–Trinajstić information content (AvgIpc) is 1.98. The van der Waals surface area contributed by atoms with Gasteiger partial charge in [-0.15, -0.1) is 0 Å². The number of hydrogen-bond acceptors (Lipinski definition) is 2. The molecule has 2 N–H and O–H groups in total. The van der Waals surface area contributed by atoms with E-state index in [1.54, 1.807) is 19.1 Å². The number of carbonyl (C=O) groups is 1.